The fourth-order valence-electron chi connectivity index (χ4n) is 5.65. The number of nitrogens with one attached hydrogen (secondary N) is 1. The zero-order valence-corrected chi connectivity index (χ0v) is 30.2. The summed E-state index contributed by atoms with van der Waals surface area (Å²) in [6.45, 7) is 8.31. The van der Waals surface area contributed by atoms with Crippen molar-refractivity contribution < 1.29 is 45.1 Å². The van der Waals surface area contributed by atoms with Crippen molar-refractivity contribution in [2.24, 2.45) is 5.92 Å². The highest BCUT2D eigenvalue weighted by atomic mass is 32.2. The number of aliphatic hydroxyl groups excluding tert-OH is 1. The molecule has 0 aliphatic carbocycles. The molecule has 4 rings (SSSR count). The van der Waals surface area contributed by atoms with E-state index in [1.54, 1.807) is 6.92 Å². The number of carbonyl (C=O) groups excluding carboxylic acids is 1. The number of sulfonamides is 2. The number of carbonyl (C=O) groups is 1. The summed E-state index contributed by atoms with van der Waals surface area (Å²) in [6.07, 6.45) is 1.03. The maximum Gasteiger partial charge on any atom is 0.267 e. The molecule has 1 amide bonds. The molecule has 0 fully saturated rings. The van der Waals surface area contributed by atoms with E-state index >= 15 is 0 Å². The number of likely N-dealkylation sites (N-methyl/N-ethyl adjacent to an activating group) is 1. The molecule has 0 spiro atoms. The van der Waals surface area contributed by atoms with E-state index < -0.39 is 49.8 Å². The Morgan fingerprint density at radius 1 is 1.10 bits per heavy atom. The van der Waals surface area contributed by atoms with Crippen LogP contribution in [-0.4, -0.2) is 93.8 Å². The predicted octanol–water partition coefficient (Wildman–Crippen LogP) is 4.35. The largest absolute Gasteiger partial charge is 0.490 e. The second-order valence-electron chi connectivity index (χ2n) is 12.5. The number of ether oxygens (including phenoxy) is 2. The highest BCUT2D eigenvalue weighted by Gasteiger charge is 2.33. The van der Waals surface area contributed by atoms with Crippen LogP contribution in [0.25, 0.3) is 0 Å². The van der Waals surface area contributed by atoms with Gasteiger partial charge in [-0.25, -0.2) is 21.2 Å². The molecule has 3 aromatic rings. The van der Waals surface area contributed by atoms with Gasteiger partial charge in [0.2, 0.25) is 10.0 Å². The summed E-state index contributed by atoms with van der Waals surface area (Å²) in [5.41, 5.74) is 0.355. The Hall–Kier alpha value is -3.57. The average molecular weight is 725 g/mol. The molecule has 0 unspecified atom stereocenters. The lowest BCUT2D eigenvalue weighted by Gasteiger charge is -2.35. The van der Waals surface area contributed by atoms with Crippen LogP contribution in [0.2, 0.25) is 0 Å². The maximum absolute atomic E-state index is 14.4. The second kappa shape index (κ2) is 16.0. The lowest BCUT2D eigenvalue weighted by molar-refractivity contribution is -0.00834. The van der Waals surface area contributed by atoms with Gasteiger partial charge in [-0.1, -0.05) is 12.1 Å². The smallest absolute Gasteiger partial charge is 0.267 e. The molecular weight excluding hydrogens is 680 g/mol. The minimum absolute atomic E-state index is 0.0552. The number of hydrogen-bond acceptors (Lipinski definition) is 10. The second-order valence-corrected chi connectivity index (χ2v) is 16.2. The molecule has 0 saturated carbocycles. The topological polar surface area (TPSA) is 169 Å². The number of rotatable bonds is 9. The van der Waals surface area contributed by atoms with Gasteiger partial charge in [0.1, 0.15) is 17.3 Å². The Kier molecular flexibility index (Phi) is 12.5. The van der Waals surface area contributed by atoms with Gasteiger partial charge in [-0.3, -0.25) is 9.52 Å². The van der Waals surface area contributed by atoms with Crippen molar-refractivity contribution in [3.8, 4) is 5.75 Å². The van der Waals surface area contributed by atoms with Gasteiger partial charge in [-0.2, -0.15) is 4.31 Å². The highest BCUT2D eigenvalue weighted by molar-refractivity contribution is 7.92. The normalized spacial score (nSPS) is 20.7. The van der Waals surface area contributed by atoms with Gasteiger partial charge in [-0.05, 0) is 89.4 Å². The minimum atomic E-state index is -4.13. The van der Waals surface area contributed by atoms with E-state index in [4.69, 9.17) is 14.0 Å². The number of fused-ring (bicyclic) bond motifs is 1. The summed E-state index contributed by atoms with van der Waals surface area (Å²) < 4.78 is 88.0. The number of aliphatic hydroxyl groups is 1. The fraction of sp³-hybridized carbons (Fsp3) is 0.515. The Morgan fingerprint density at radius 2 is 1.80 bits per heavy atom. The van der Waals surface area contributed by atoms with Gasteiger partial charge >= 0.3 is 0 Å². The van der Waals surface area contributed by atoms with Crippen molar-refractivity contribution >= 4 is 31.6 Å². The predicted molar refractivity (Wildman–Crippen MR) is 180 cm³/mol. The zero-order valence-electron chi connectivity index (χ0n) is 28.5. The third-order valence-electron chi connectivity index (χ3n) is 8.50. The number of nitrogens with zero attached hydrogens (tertiary/aromatic N) is 3. The van der Waals surface area contributed by atoms with Gasteiger partial charge < -0.3 is 24.0 Å². The van der Waals surface area contributed by atoms with E-state index in [-0.39, 0.29) is 64.0 Å². The zero-order chi connectivity index (χ0) is 36.1. The number of halogens is 1. The molecule has 0 bridgehead atoms. The Morgan fingerprint density at radius 3 is 2.43 bits per heavy atom. The third kappa shape index (κ3) is 9.16. The third-order valence-corrected chi connectivity index (χ3v) is 12.0. The van der Waals surface area contributed by atoms with Gasteiger partial charge in [-0.15, -0.1) is 0 Å². The maximum atomic E-state index is 14.4. The first-order valence-electron chi connectivity index (χ1n) is 16.1. The number of benzene rings is 2. The molecule has 16 heteroatoms. The van der Waals surface area contributed by atoms with Crippen LogP contribution in [0.1, 0.15) is 61.8 Å². The Balaban J connectivity index is 1.69. The minimum Gasteiger partial charge on any atom is -0.490 e. The molecule has 270 valence electrons. The molecule has 1 aliphatic heterocycles. The first-order chi connectivity index (χ1) is 23.0. The molecule has 0 saturated heterocycles. The molecule has 1 aliphatic rings. The van der Waals surface area contributed by atoms with E-state index in [2.05, 4.69) is 9.88 Å². The highest BCUT2D eigenvalue weighted by Crippen LogP contribution is 2.30. The quantitative estimate of drug-likeness (QED) is 0.324. The molecule has 4 atom stereocenters. The summed E-state index contributed by atoms with van der Waals surface area (Å²) in [7, 11) is -6.71. The van der Waals surface area contributed by atoms with Crippen LogP contribution in [0.4, 0.5) is 10.1 Å². The van der Waals surface area contributed by atoms with E-state index in [0.717, 1.165) is 22.9 Å². The molecule has 2 N–H and O–H groups in total. The van der Waals surface area contributed by atoms with Crippen LogP contribution >= 0.6 is 0 Å². The molecule has 2 heterocycles. The van der Waals surface area contributed by atoms with Crippen LogP contribution in [-0.2, 0) is 24.8 Å². The monoisotopic (exact) mass is 724 g/mol. The SMILES string of the molecule is Cc1noc(C)c1S(=O)(=O)Nc1ccc2c(c1)C(=O)N([C@H](C)CO)C[C@H](C)[C@@H](CN(C)S(=O)(=O)c1ccc(F)cc1)OCCCC[C@H](C)O2. The van der Waals surface area contributed by atoms with Crippen molar-refractivity contribution in [3.05, 3.63) is 65.3 Å². The molecule has 2 aromatic carbocycles. The Bertz CT molecular complexity index is 1800. The van der Waals surface area contributed by atoms with Crippen molar-refractivity contribution in [2.45, 2.75) is 81.9 Å². The lowest BCUT2D eigenvalue weighted by Crippen LogP contribution is -2.48. The average Bonchev–Trinajstić information content (AvgIpc) is 3.40. The molecule has 49 heavy (non-hydrogen) atoms. The summed E-state index contributed by atoms with van der Waals surface area (Å²) in [6, 6.07) is 8.31. The van der Waals surface area contributed by atoms with E-state index in [1.807, 2.05) is 13.8 Å². The molecule has 0 radical (unpaired) electrons. The van der Waals surface area contributed by atoms with Gasteiger partial charge in [0.25, 0.3) is 15.9 Å². The lowest BCUT2D eigenvalue weighted by atomic mass is 10.0. The number of anilines is 1. The van der Waals surface area contributed by atoms with Crippen LogP contribution in [0.5, 0.6) is 5.75 Å². The van der Waals surface area contributed by atoms with Crippen LogP contribution in [0.15, 0.2) is 56.8 Å². The van der Waals surface area contributed by atoms with Crippen LogP contribution in [0, 0.1) is 25.6 Å². The summed E-state index contributed by atoms with van der Waals surface area (Å²) in [4.78, 5) is 15.6. The summed E-state index contributed by atoms with van der Waals surface area (Å²) in [5.74, 6) is -1.16. The molecular formula is C33H45FN4O9S2. The van der Waals surface area contributed by atoms with Crippen molar-refractivity contribution in [3.63, 3.8) is 0 Å². The standard InChI is InChI=1S/C33H45FN4O9S2/c1-21-18-38(22(2)20-39)33(40)29-17-27(36-48(41,42)32-24(4)35-47-25(32)5)12-15-30(29)46-23(3)9-7-8-16-45-31(21)19-37(6)49(43,44)28-13-10-26(34)11-14-28/h10-15,17,21-23,31,36,39H,7-9,16,18-20H2,1-6H3/t21-,22+,23-,31+/m0/s1. The van der Waals surface area contributed by atoms with Crippen molar-refractivity contribution in [1.29, 1.82) is 0 Å². The fourth-order valence-corrected chi connectivity index (χ4v) is 8.22. The van der Waals surface area contributed by atoms with Gasteiger partial charge in [0.15, 0.2) is 10.7 Å². The Labute approximate surface area is 287 Å². The molecule has 1 aromatic heterocycles. The number of aryl methyl sites for hydroxylation is 2. The first-order valence-corrected chi connectivity index (χ1v) is 19.0. The number of hydrogen-bond donors (Lipinski definition) is 2. The summed E-state index contributed by atoms with van der Waals surface area (Å²) in [5, 5.41) is 13.9. The van der Waals surface area contributed by atoms with Crippen molar-refractivity contribution in [1.82, 2.24) is 14.4 Å². The number of aromatic nitrogens is 1. The van der Waals surface area contributed by atoms with Crippen LogP contribution in [0.3, 0.4) is 0 Å². The molecule has 13 nitrogen and oxygen atoms in total. The van der Waals surface area contributed by atoms with E-state index in [9.17, 15) is 31.1 Å². The van der Waals surface area contributed by atoms with Gasteiger partial charge in [0.05, 0.1) is 35.3 Å². The summed E-state index contributed by atoms with van der Waals surface area (Å²) >= 11 is 0. The van der Waals surface area contributed by atoms with Crippen molar-refractivity contribution in [2.75, 3.05) is 38.1 Å². The van der Waals surface area contributed by atoms with Gasteiger partial charge in [0, 0.05) is 38.3 Å². The van der Waals surface area contributed by atoms with E-state index in [0.29, 0.717) is 19.4 Å². The first kappa shape index (κ1) is 38.2. The number of amides is 1. The van der Waals surface area contributed by atoms with Crippen LogP contribution < -0.4 is 9.46 Å². The van der Waals surface area contributed by atoms with E-state index in [1.165, 1.54) is 56.1 Å².